The topological polar surface area (TPSA) is 12.0 Å². The van der Waals surface area contributed by atoms with E-state index in [9.17, 15) is 8.78 Å². The van der Waals surface area contributed by atoms with Gasteiger partial charge in [-0.15, -0.1) is 0 Å². The number of nitrogens with one attached hydrogen (secondary N) is 1. The molecule has 2 atom stereocenters. The number of benzene rings is 1. The molecule has 0 heterocycles. The maximum atomic E-state index is 13.4. The normalized spacial score (nSPS) is 14.8. The number of hydrogen-bond acceptors (Lipinski definition) is 1. The molecule has 90 valence electrons. The second kappa shape index (κ2) is 5.94. The van der Waals surface area contributed by atoms with Crippen molar-refractivity contribution in [3.8, 4) is 0 Å². The van der Waals surface area contributed by atoms with Gasteiger partial charge in [-0.1, -0.05) is 26.3 Å². The van der Waals surface area contributed by atoms with Crippen molar-refractivity contribution in [3.05, 3.63) is 35.4 Å². The standard InChI is InChI=1S/C13H19F2N/c1-4-9(2)8-16-10(3)12-6-5-11(14)7-13(12)15/h5-7,9-10,16H,4,8H2,1-3H3. The Labute approximate surface area is 95.9 Å². The molecular weight excluding hydrogens is 208 g/mol. The Morgan fingerprint density at radius 2 is 1.94 bits per heavy atom. The van der Waals surface area contributed by atoms with Crippen molar-refractivity contribution in [2.45, 2.75) is 33.2 Å². The van der Waals surface area contributed by atoms with Gasteiger partial charge in [-0.05, 0) is 25.5 Å². The van der Waals surface area contributed by atoms with Crippen LogP contribution in [0.1, 0.15) is 38.8 Å². The second-order valence-corrected chi connectivity index (χ2v) is 4.31. The number of hydrogen-bond donors (Lipinski definition) is 1. The summed E-state index contributed by atoms with van der Waals surface area (Å²) in [7, 11) is 0. The van der Waals surface area contributed by atoms with Crippen LogP contribution in [-0.4, -0.2) is 6.54 Å². The maximum Gasteiger partial charge on any atom is 0.130 e. The van der Waals surface area contributed by atoms with Crippen LogP contribution in [0.2, 0.25) is 0 Å². The van der Waals surface area contributed by atoms with Crippen molar-refractivity contribution in [1.82, 2.24) is 5.32 Å². The van der Waals surface area contributed by atoms with Gasteiger partial charge in [0.15, 0.2) is 0 Å². The first-order chi connectivity index (χ1) is 7.54. The molecular formula is C13H19F2N. The first-order valence-corrected chi connectivity index (χ1v) is 5.73. The largest absolute Gasteiger partial charge is 0.310 e. The molecule has 0 fully saturated rings. The van der Waals surface area contributed by atoms with Gasteiger partial charge < -0.3 is 5.32 Å². The predicted molar refractivity (Wildman–Crippen MR) is 62.2 cm³/mol. The summed E-state index contributed by atoms with van der Waals surface area (Å²) in [6.07, 6.45) is 1.09. The summed E-state index contributed by atoms with van der Waals surface area (Å²) in [5.74, 6) is -0.453. The zero-order valence-electron chi connectivity index (χ0n) is 10.1. The zero-order chi connectivity index (χ0) is 12.1. The van der Waals surface area contributed by atoms with E-state index in [1.807, 2.05) is 6.92 Å². The van der Waals surface area contributed by atoms with Crippen LogP contribution in [0.25, 0.3) is 0 Å². The molecule has 0 aliphatic heterocycles. The van der Waals surface area contributed by atoms with E-state index >= 15 is 0 Å². The molecule has 0 aliphatic rings. The molecule has 0 saturated carbocycles. The fourth-order valence-electron chi connectivity index (χ4n) is 1.48. The van der Waals surface area contributed by atoms with Gasteiger partial charge >= 0.3 is 0 Å². The summed E-state index contributed by atoms with van der Waals surface area (Å²) >= 11 is 0. The summed E-state index contributed by atoms with van der Waals surface area (Å²) in [5, 5.41) is 3.25. The van der Waals surface area contributed by atoms with E-state index in [2.05, 4.69) is 19.2 Å². The van der Waals surface area contributed by atoms with Crippen LogP contribution in [0.4, 0.5) is 8.78 Å². The average Bonchev–Trinajstić information content (AvgIpc) is 2.25. The fraction of sp³-hybridized carbons (Fsp3) is 0.538. The highest BCUT2D eigenvalue weighted by Gasteiger charge is 2.11. The van der Waals surface area contributed by atoms with Gasteiger partial charge in [-0.3, -0.25) is 0 Å². The molecule has 0 aliphatic carbocycles. The molecule has 1 aromatic rings. The minimum absolute atomic E-state index is 0.0883. The predicted octanol–water partition coefficient (Wildman–Crippen LogP) is 3.66. The van der Waals surface area contributed by atoms with E-state index in [1.54, 1.807) is 0 Å². The fourth-order valence-corrected chi connectivity index (χ4v) is 1.48. The van der Waals surface area contributed by atoms with Gasteiger partial charge in [0.1, 0.15) is 11.6 Å². The molecule has 0 radical (unpaired) electrons. The third-order valence-corrected chi connectivity index (χ3v) is 2.90. The smallest absolute Gasteiger partial charge is 0.130 e. The van der Waals surface area contributed by atoms with Gasteiger partial charge in [-0.2, -0.15) is 0 Å². The van der Waals surface area contributed by atoms with Crippen LogP contribution in [-0.2, 0) is 0 Å². The summed E-state index contributed by atoms with van der Waals surface area (Å²) in [4.78, 5) is 0. The molecule has 1 rings (SSSR count). The van der Waals surface area contributed by atoms with Crippen molar-refractivity contribution in [1.29, 1.82) is 0 Å². The first-order valence-electron chi connectivity index (χ1n) is 5.73. The molecule has 0 saturated heterocycles. The Bertz CT molecular complexity index is 339. The van der Waals surface area contributed by atoms with E-state index in [4.69, 9.17) is 0 Å². The Hall–Kier alpha value is -0.960. The van der Waals surface area contributed by atoms with Crippen LogP contribution >= 0.6 is 0 Å². The van der Waals surface area contributed by atoms with E-state index in [0.29, 0.717) is 11.5 Å². The van der Waals surface area contributed by atoms with Crippen LogP contribution in [0.3, 0.4) is 0 Å². The third kappa shape index (κ3) is 3.56. The molecule has 2 unspecified atom stereocenters. The highest BCUT2D eigenvalue weighted by Crippen LogP contribution is 2.17. The monoisotopic (exact) mass is 227 g/mol. The van der Waals surface area contributed by atoms with Gasteiger partial charge in [0.2, 0.25) is 0 Å². The quantitative estimate of drug-likeness (QED) is 0.809. The van der Waals surface area contributed by atoms with Gasteiger partial charge in [-0.25, -0.2) is 8.78 Å². The Kier molecular flexibility index (Phi) is 4.87. The molecule has 3 heteroatoms. The lowest BCUT2D eigenvalue weighted by atomic mass is 10.1. The van der Waals surface area contributed by atoms with Gasteiger partial charge in [0.25, 0.3) is 0 Å². The molecule has 0 aromatic heterocycles. The summed E-state index contributed by atoms with van der Waals surface area (Å²) in [6, 6.07) is 3.63. The minimum atomic E-state index is -0.532. The lowest BCUT2D eigenvalue weighted by Gasteiger charge is -2.17. The van der Waals surface area contributed by atoms with Crippen LogP contribution in [0.5, 0.6) is 0 Å². The summed E-state index contributed by atoms with van der Waals surface area (Å²) in [5.41, 5.74) is 0.518. The van der Waals surface area contributed by atoms with Gasteiger partial charge in [0, 0.05) is 17.7 Å². The first kappa shape index (κ1) is 13.1. The maximum absolute atomic E-state index is 13.4. The number of halogens is 2. The minimum Gasteiger partial charge on any atom is -0.310 e. The van der Waals surface area contributed by atoms with Crippen molar-refractivity contribution in [2.75, 3.05) is 6.54 Å². The van der Waals surface area contributed by atoms with Crippen molar-refractivity contribution in [3.63, 3.8) is 0 Å². The molecule has 16 heavy (non-hydrogen) atoms. The Morgan fingerprint density at radius 1 is 1.25 bits per heavy atom. The Morgan fingerprint density at radius 3 is 2.50 bits per heavy atom. The highest BCUT2D eigenvalue weighted by atomic mass is 19.1. The third-order valence-electron chi connectivity index (χ3n) is 2.90. The van der Waals surface area contributed by atoms with Crippen LogP contribution in [0, 0.1) is 17.6 Å². The van der Waals surface area contributed by atoms with Crippen molar-refractivity contribution >= 4 is 0 Å². The molecule has 0 amide bonds. The average molecular weight is 227 g/mol. The lowest BCUT2D eigenvalue weighted by Crippen LogP contribution is -2.24. The zero-order valence-corrected chi connectivity index (χ0v) is 10.1. The molecule has 1 aromatic carbocycles. The second-order valence-electron chi connectivity index (χ2n) is 4.31. The van der Waals surface area contributed by atoms with E-state index in [1.165, 1.54) is 12.1 Å². The highest BCUT2D eigenvalue weighted by molar-refractivity contribution is 5.21. The van der Waals surface area contributed by atoms with E-state index < -0.39 is 11.6 Å². The van der Waals surface area contributed by atoms with Gasteiger partial charge in [0.05, 0.1) is 0 Å². The van der Waals surface area contributed by atoms with E-state index in [0.717, 1.165) is 19.0 Å². The molecule has 0 spiro atoms. The van der Waals surface area contributed by atoms with E-state index in [-0.39, 0.29) is 6.04 Å². The summed E-state index contributed by atoms with van der Waals surface area (Å²) in [6.45, 7) is 6.99. The molecule has 1 N–H and O–H groups in total. The van der Waals surface area contributed by atoms with Crippen LogP contribution in [0.15, 0.2) is 18.2 Å². The molecule has 0 bridgehead atoms. The van der Waals surface area contributed by atoms with Crippen molar-refractivity contribution < 1.29 is 8.78 Å². The SMILES string of the molecule is CCC(C)CNC(C)c1ccc(F)cc1F. The number of rotatable bonds is 5. The Balaban J connectivity index is 2.62. The van der Waals surface area contributed by atoms with Crippen molar-refractivity contribution in [2.24, 2.45) is 5.92 Å². The van der Waals surface area contributed by atoms with Crippen LogP contribution < -0.4 is 5.32 Å². The summed E-state index contributed by atoms with van der Waals surface area (Å²) < 4.78 is 26.1. The lowest BCUT2D eigenvalue weighted by molar-refractivity contribution is 0.449. The molecule has 1 nitrogen and oxygen atoms in total.